The van der Waals surface area contributed by atoms with Gasteiger partial charge >= 0.3 is 31.4 Å². The van der Waals surface area contributed by atoms with Gasteiger partial charge in [-0.2, -0.15) is 5.26 Å². The summed E-state index contributed by atoms with van der Waals surface area (Å²) in [6, 6.07) is 28.2. The molecule has 6 N–H and O–H groups in total. The minimum absolute atomic E-state index is 0.0482. The van der Waals surface area contributed by atoms with Gasteiger partial charge in [-0.25, -0.2) is 28.3 Å². The van der Waals surface area contributed by atoms with Crippen molar-refractivity contribution in [2.24, 2.45) is 0 Å². The number of nitrogens with zero attached hydrogens (tertiary/aromatic N) is 3. The van der Waals surface area contributed by atoms with Gasteiger partial charge in [-0.3, -0.25) is 24.2 Å². The molecule has 1 aliphatic heterocycles. The van der Waals surface area contributed by atoms with Crippen LogP contribution in [0, 0.1) is 11.3 Å². The molecular weight excluding hydrogens is 868 g/mol. The zero-order chi connectivity index (χ0) is 47.5. The number of halogens is 1. The van der Waals surface area contributed by atoms with E-state index >= 15 is 4.39 Å². The molecule has 0 aliphatic carbocycles. The number of hydrogen-bond donors (Lipinski definition) is 6. The van der Waals surface area contributed by atoms with Crippen LogP contribution in [0.15, 0.2) is 103 Å². The number of hydrogen-bond acceptors (Lipinski definition) is 11. The van der Waals surface area contributed by atoms with Crippen molar-refractivity contribution in [3.05, 3.63) is 131 Å². The fourth-order valence-electron chi connectivity index (χ4n) is 7.02. The predicted molar refractivity (Wildman–Crippen MR) is 229 cm³/mol. The van der Waals surface area contributed by atoms with Crippen LogP contribution in [0.5, 0.6) is 5.75 Å². The molecule has 0 spiro atoms. The van der Waals surface area contributed by atoms with Crippen molar-refractivity contribution in [1.29, 1.82) is 5.26 Å². The molecular formula is C45H43FN5O13P. The van der Waals surface area contributed by atoms with E-state index in [1.165, 1.54) is 19.1 Å². The first kappa shape index (κ1) is 48.5. The maximum Gasteiger partial charge on any atom is 0.524 e. The number of carbonyl (C=O) groups is 6. The number of esters is 1. The molecule has 20 heteroatoms. The van der Waals surface area contributed by atoms with Gasteiger partial charge in [0.25, 0.3) is 0 Å². The van der Waals surface area contributed by atoms with Crippen molar-refractivity contribution in [1.82, 2.24) is 20.5 Å². The van der Waals surface area contributed by atoms with Gasteiger partial charge in [0.05, 0.1) is 12.7 Å². The highest BCUT2D eigenvalue weighted by molar-refractivity contribution is 7.46. The van der Waals surface area contributed by atoms with Gasteiger partial charge in [0.2, 0.25) is 17.7 Å². The number of benzene rings is 4. The SMILES string of the molecule is COC(=O)c1cc(CC(NC(C)=O)C(=O)NC2CCCCN(Cc3ccc(-c4ccccc4)cc3)C2=O)ccc1C(F)(C(=O)O)C(=O)O.N#Cc1ccc2cccc(OP(=O)(O)O)c2n1. The fraction of sp³-hybridized carbons (Fsp3) is 0.244. The number of phosphoric acid groups is 1. The maximum absolute atomic E-state index is 15.2. The smallest absolute Gasteiger partial charge is 0.478 e. The van der Waals surface area contributed by atoms with Gasteiger partial charge in [0.15, 0.2) is 5.75 Å². The number of pyridine rings is 1. The van der Waals surface area contributed by atoms with Crippen LogP contribution in [0.1, 0.15) is 58.9 Å². The zero-order valence-electron chi connectivity index (χ0n) is 34.8. The summed E-state index contributed by atoms with van der Waals surface area (Å²) in [6.07, 6.45) is 1.48. The molecule has 65 heavy (non-hydrogen) atoms. The summed E-state index contributed by atoms with van der Waals surface area (Å²) in [5.74, 6) is -7.52. The van der Waals surface area contributed by atoms with E-state index in [9.17, 15) is 43.5 Å². The summed E-state index contributed by atoms with van der Waals surface area (Å²) < 4.78 is 35.2. The predicted octanol–water partition coefficient (Wildman–Crippen LogP) is 4.80. The highest BCUT2D eigenvalue weighted by Gasteiger charge is 2.51. The van der Waals surface area contributed by atoms with Crippen LogP contribution < -0.4 is 15.2 Å². The van der Waals surface area contributed by atoms with E-state index in [2.05, 4.69) is 24.9 Å². The van der Waals surface area contributed by atoms with Crippen molar-refractivity contribution >= 4 is 54.4 Å². The van der Waals surface area contributed by atoms with Crippen molar-refractivity contribution in [2.75, 3.05) is 13.7 Å². The Kier molecular flexibility index (Phi) is 15.8. The molecule has 3 amide bonds. The van der Waals surface area contributed by atoms with Crippen LogP contribution in [0.3, 0.4) is 0 Å². The Morgan fingerprint density at radius 1 is 0.923 bits per heavy atom. The summed E-state index contributed by atoms with van der Waals surface area (Å²) in [7, 11) is -3.69. The number of ether oxygens (including phenoxy) is 1. The Labute approximate surface area is 370 Å². The monoisotopic (exact) mass is 911 g/mol. The number of nitriles is 1. The van der Waals surface area contributed by atoms with E-state index in [1.807, 2.05) is 60.7 Å². The van der Waals surface area contributed by atoms with Crippen LogP contribution in [0.25, 0.3) is 22.0 Å². The summed E-state index contributed by atoms with van der Waals surface area (Å²) >= 11 is 0. The maximum atomic E-state index is 15.2. The normalized spacial score (nSPS) is 14.4. The second-order valence-electron chi connectivity index (χ2n) is 14.7. The summed E-state index contributed by atoms with van der Waals surface area (Å²) in [5.41, 5.74) is -2.05. The second kappa shape index (κ2) is 21.2. The average molecular weight is 912 g/mol. The highest BCUT2D eigenvalue weighted by Crippen LogP contribution is 2.40. The number of carboxylic acid groups (broad SMARTS) is 2. The van der Waals surface area contributed by atoms with Gasteiger partial charge in [-0.05, 0) is 65.8 Å². The lowest BCUT2D eigenvalue weighted by molar-refractivity contribution is -0.168. The number of carboxylic acids is 2. The number of likely N-dealkylation sites (tertiary alicyclic amines) is 1. The summed E-state index contributed by atoms with van der Waals surface area (Å²) in [5, 5.41) is 33.3. The molecule has 6 rings (SSSR count). The topological polar surface area (TPSA) is 283 Å². The quantitative estimate of drug-likeness (QED) is 0.0496. The lowest BCUT2D eigenvalue weighted by Gasteiger charge is -2.27. The van der Waals surface area contributed by atoms with Gasteiger partial charge in [0, 0.05) is 37.4 Å². The molecule has 1 aliphatic rings. The Morgan fingerprint density at radius 3 is 2.20 bits per heavy atom. The van der Waals surface area contributed by atoms with E-state index in [-0.39, 0.29) is 34.9 Å². The molecule has 5 aromatic rings. The number of rotatable bonds is 14. The lowest BCUT2D eigenvalue weighted by Crippen LogP contribution is -2.54. The molecule has 2 unspecified atom stereocenters. The third-order valence-electron chi connectivity index (χ3n) is 10.1. The number of methoxy groups -OCH3 is 1. The van der Waals surface area contributed by atoms with Crippen LogP contribution in [0.2, 0.25) is 0 Å². The van der Waals surface area contributed by atoms with Crippen molar-refractivity contribution in [2.45, 2.75) is 56.9 Å². The molecule has 2 atom stereocenters. The number of nitrogens with one attached hydrogen (secondary N) is 2. The Hall–Kier alpha value is -7.52. The first-order valence-electron chi connectivity index (χ1n) is 19.8. The summed E-state index contributed by atoms with van der Waals surface area (Å²) in [4.78, 5) is 98.0. The second-order valence-corrected chi connectivity index (χ2v) is 15.9. The van der Waals surface area contributed by atoms with Crippen LogP contribution in [-0.2, 0) is 51.9 Å². The van der Waals surface area contributed by atoms with Crippen LogP contribution in [-0.4, -0.2) is 91.3 Å². The Bertz CT molecular complexity index is 2680. The third kappa shape index (κ3) is 12.4. The molecule has 0 bridgehead atoms. The highest BCUT2D eigenvalue weighted by atomic mass is 31.2. The number of amides is 3. The molecule has 1 saturated heterocycles. The van der Waals surface area contributed by atoms with Crippen LogP contribution in [0.4, 0.5) is 4.39 Å². The van der Waals surface area contributed by atoms with Crippen molar-refractivity contribution < 1.29 is 67.0 Å². The Morgan fingerprint density at radius 2 is 1.58 bits per heavy atom. The van der Waals surface area contributed by atoms with E-state index in [4.69, 9.17) is 15.0 Å². The van der Waals surface area contributed by atoms with Crippen LogP contribution >= 0.6 is 7.82 Å². The number of aliphatic carboxylic acids is 2. The fourth-order valence-corrected chi connectivity index (χ4v) is 7.42. The van der Waals surface area contributed by atoms with Gasteiger partial charge in [0.1, 0.15) is 29.4 Å². The molecule has 0 saturated carbocycles. The minimum atomic E-state index is -4.64. The first-order valence-corrected chi connectivity index (χ1v) is 21.3. The number of fused-ring (bicyclic) bond motifs is 1. The number of alkyl halides is 1. The largest absolute Gasteiger partial charge is 0.524 e. The van der Waals surface area contributed by atoms with Crippen molar-refractivity contribution in [3.63, 3.8) is 0 Å². The van der Waals surface area contributed by atoms with Gasteiger partial charge < -0.3 is 35.0 Å². The number of phosphoric ester groups is 1. The average Bonchev–Trinajstić information content (AvgIpc) is 3.44. The summed E-state index contributed by atoms with van der Waals surface area (Å²) in [6.45, 7) is 2.01. The van der Waals surface area contributed by atoms with E-state index < -0.39 is 66.4 Å². The van der Waals surface area contributed by atoms with E-state index in [0.29, 0.717) is 31.3 Å². The molecule has 1 aromatic heterocycles. The third-order valence-corrected chi connectivity index (χ3v) is 10.6. The molecule has 2 heterocycles. The Balaban J connectivity index is 0.000000388. The molecule has 4 aromatic carbocycles. The minimum Gasteiger partial charge on any atom is -0.478 e. The van der Waals surface area contributed by atoms with Crippen molar-refractivity contribution in [3.8, 4) is 22.9 Å². The lowest BCUT2D eigenvalue weighted by atomic mass is 9.89. The van der Waals surface area contributed by atoms with Gasteiger partial charge in [-0.15, -0.1) is 0 Å². The number of para-hydroxylation sites is 1. The molecule has 338 valence electrons. The molecule has 18 nitrogen and oxygen atoms in total. The molecule has 0 radical (unpaired) electrons. The zero-order valence-corrected chi connectivity index (χ0v) is 35.7. The van der Waals surface area contributed by atoms with Gasteiger partial charge in [-0.1, -0.05) is 78.9 Å². The standard InChI is InChI=1S/C35H36FN3O9.C10H7N2O4P/c1-21(40)37-29(19-23-13-16-27(26(18-23)32(43)48-2)35(36,33(44)45)34(46)47)30(41)38-28-10-6-7-17-39(31(28)42)20-22-11-14-25(15-12-22)24-8-4-3-5-9-24;11-6-8-5-4-7-2-1-3-9(10(7)12-8)16-17(13,14)15/h3-5,8-9,11-16,18,28-29H,6-7,10,17,19-20H2,1-2H3,(H,37,40)(H,38,41)(H,44,45)(H,46,47);1-5H,(H2,13,14,15). The van der Waals surface area contributed by atoms with E-state index in [0.717, 1.165) is 48.4 Å². The number of carbonyl (C=O) groups excluding carboxylic acids is 4. The van der Waals surface area contributed by atoms with E-state index in [1.54, 1.807) is 23.1 Å². The number of aromatic nitrogens is 1. The molecule has 1 fully saturated rings. The first-order chi connectivity index (χ1) is 30.8.